The molecule has 2 saturated carbocycles. The van der Waals surface area contributed by atoms with Crippen LogP contribution >= 0.6 is 11.8 Å². The van der Waals surface area contributed by atoms with Crippen LogP contribution in [0.1, 0.15) is 64.2 Å². The summed E-state index contributed by atoms with van der Waals surface area (Å²) in [4.78, 5) is 11.8. The van der Waals surface area contributed by atoms with E-state index in [0.717, 1.165) is 0 Å². The van der Waals surface area contributed by atoms with E-state index in [4.69, 9.17) is 0 Å². The molecule has 2 rings (SSSR count). The number of rotatable bonds is 4. The summed E-state index contributed by atoms with van der Waals surface area (Å²) in [7, 11) is 0. The first-order chi connectivity index (χ1) is 8.84. The van der Waals surface area contributed by atoms with Gasteiger partial charge in [-0.2, -0.15) is 0 Å². The summed E-state index contributed by atoms with van der Waals surface area (Å²) < 4.78 is 0. The van der Waals surface area contributed by atoms with Gasteiger partial charge in [0.15, 0.2) is 0 Å². The Labute approximate surface area is 115 Å². The second kappa shape index (κ2) is 7.88. The van der Waals surface area contributed by atoms with Crippen LogP contribution in [0.15, 0.2) is 12.3 Å². The van der Waals surface area contributed by atoms with Gasteiger partial charge in [0, 0.05) is 23.6 Å². The number of nitrogens with one attached hydrogen (secondary N) is 1. The van der Waals surface area contributed by atoms with Crippen molar-refractivity contribution in [2.75, 3.05) is 0 Å². The highest BCUT2D eigenvalue weighted by Crippen LogP contribution is 2.28. The van der Waals surface area contributed by atoms with E-state index in [1.807, 2.05) is 6.20 Å². The van der Waals surface area contributed by atoms with Crippen LogP contribution in [0.3, 0.4) is 0 Å². The predicted molar refractivity (Wildman–Crippen MR) is 78.6 cm³/mol. The number of carbonyl (C=O) groups excluding carboxylic acids is 1. The van der Waals surface area contributed by atoms with Crippen LogP contribution in [-0.4, -0.2) is 16.4 Å². The van der Waals surface area contributed by atoms with E-state index in [-0.39, 0.29) is 5.12 Å². The molecule has 0 radical (unpaired) electrons. The van der Waals surface area contributed by atoms with E-state index in [9.17, 15) is 4.79 Å². The van der Waals surface area contributed by atoms with Crippen molar-refractivity contribution in [3.8, 4) is 0 Å². The van der Waals surface area contributed by atoms with Gasteiger partial charge in [0.1, 0.15) is 0 Å². The molecule has 0 spiro atoms. The maximum absolute atomic E-state index is 11.8. The molecule has 3 heteroatoms. The molecule has 2 aliphatic rings. The summed E-state index contributed by atoms with van der Waals surface area (Å²) in [6, 6.07) is 0.600. The third-order valence-electron chi connectivity index (χ3n) is 3.99. The summed E-state index contributed by atoms with van der Waals surface area (Å²) in [6.07, 6.45) is 16.6. The quantitative estimate of drug-likeness (QED) is 0.780. The van der Waals surface area contributed by atoms with Crippen LogP contribution in [0.5, 0.6) is 0 Å². The van der Waals surface area contributed by atoms with Crippen LogP contribution in [0.4, 0.5) is 0 Å². The van der Waals surface area contributed by atoms with Gasteiger partial charge in [-0.3, -0.25) is 4.79 Å². The van der Waals surface area contributed by atoms with Gasteiger partial charge >= 0.3 is 0 Å². The summed E-state index contributed by atoms with van der Waals surface area (Å²) >= 11 is 1.54. The van der Waals surface area contributed by atoms with E-state index < -0.39 is 0 Å². The second-order valence-electron chi connectivity index (χ2n) is 5.53. The molecule has 0 amide bonds. The van der Waals surface area contributed by atoms with Crippen LogP contribution in [0.25, 0.3) is 0 Å². The lowest BCUT2D eigenvalue weighted by Gasteiger charge is -2.21. The topological polar surface area (TPSA) is 29.1 Å². The highest BCUT2D eigenvalue weighted by Gasteiger charge is 2.16. The standard InChI is InChI=1S/C15H25NOS/c17-15(18-14-9-5-2-6-10-14)11-12-16-13-7-3-1-4-8-13/h11-14,16H,1-10H2/b12-11+. The lowest BCUT2D eigenvalue weighted by molar-refractivity contribution is -0.107. The van der Waals surface area contributed by atoms with Crippen molar-refractivity contribution >= 4 is 16.9 Å². The zero-order valence-electron chi connectivity index (χ0n) is 11.2. The zero-order chi connectivity index (χ0) is 12.6. The minimum Gasteiger partial charge on any atom is -0.388 e. The maximum atomic E-state index is 11.8. The van der Waals surface area contributed by atoms with Crippen LogP contribution in [-0.2, 0) is 4.79 Å². The molecule has 0 aliphatic heterocycles. The molecule has 0 aromatic carbocycles. The maximum Gasteiger partial charge on any atom is 0.213 e. The van der Waals surface area contributed by atoms with Gasteiger partial charge < -0.3 is 5.32 Å². The van der Waals surface area contributed by atoms with Crippen molar-refractivity contribution in [3.63, 3.8) is 0 Å². The summed E-state index contributed by atoms with van der Waals surface area (Å²) in [5.74, 6) is 0. The Morgan fingerprint density at radius 3 is 2.22 bits per heavy atom. The molecule has 2 fully saturated rings. The molecule has 0 bridgehead atoms. The second-order valence-corrected chi connectivity index (χ2v) is 6.84. The Bertz CT molecular complexity index is 278. The van der Waals surface area contributed by atoms with Crippen molar-refractivity contribution in [2.45, 2.75) is 75.5 Å². The van der Waals surface area contributed by atoms with Crippen molar-refractivity contribution < 1.29 is 4.79 Å². The fraction of sp³-hybridized carbons (Fsp3) is 0.800. The third-order valence-corrected chi connectivity index (χ3v) is 5.16. The minimum absolute atomic E-state index is 0.227. The van der Waals surface area contributed by atoms with Crippen LogP contribution in [0.2, 0.25) is 0 Å². The Hall–Kier alpha value is -0.440. The van der Waals surface area contributed by atoms with Crippen molar-refractivity contribution in [3.05, 3.63) is 12.3 Å². The van der Waals surface area contributed by atoms with Gasteiger partial charge in [0.25, 0.3) is 0 Å². The van der Waals surface area contributed by atoms with Crippen molar-refractivity contribution in [2.24, 2.45) is 0 Å². The fourth-order valence-corrected chi connectivity index (χ4v) is 3.95. The van der Waals surface area contributed by atoms with E-state index in [2.05, 4.69) is 5.32 Å². The van der Waals surface area contributed by atoms with Crippen LogP contribution in [0, 0.1) is 0 Å². The van der Waals surface area contributed by atoms with E-state index in [0.29, 0.717) is 11.3 Å². The highest BCUT2D eigenvalue weighted by molar-refractivity contribution is 8.14. The van der Waals surface area contributed by atoms with E-state index in [1.54, 1.807) is 17.8 Å². The molecule has 18 heavy (non-hydrogen) atoms. The molecule has 0 aromatic rings. The SMILES string of the molecule is O=C(/C=C/NC1CCCCC1)SC1CCCCC1. The summed E-state index contributed by atoms with van der Waals surface area (Å²) in [6.45, 7) is 0. The number of thioether (sulfide) groups is 1. The van der Waals surface area contributed by atoms with Gasteiger partial charge in [0.05, 0.1) is 0 Å². The molecular weight excluding hydrogens is 242 g/mol. The Morgan fingerprint density at radius 1 is 0.944 bits per heavy atom. The molecule has 102 valence electrons. The van der Waals surface area contributed by atoms with Crippen LogP contribution < -0.4 is 5.32 Å². The normalized spacial score (nSPS) is 23.3. The molecule has 1 N–H and O–H groups in total. The summed E-state index contributed by atoms with van der Waals surface area (Å²) in [5, 5.41) is 4.18. The molecule has 0 saturated heterocycles. The largest absolute Gasteiger partial charge is 0.388 e. The van der Waals surface area contributed by atoms with E-state index >= 15 is 0 Å². The molecule has 2 nitrogen and oxygen atoms in total. The Morgan fingerprint density at radius 2 is 1.56 bits per heavy atom. The molecule has 0 aromatic heterocycles. The number of hydrogen-bond donors (Lipinski definition) is 1. The van der Waals surface area contributed by atoms with Crippen molar-refractivity contribution in [1.29, 1.82) is 0 Å². The predicted octanol–water partition coefficient (Wildman–Crippen LogP) is 4.01. The first-order valence-electron chi connectivity index (χ1n) is 7.48. The van der Waals surface area contributed by atoms with Gasteiger partial charge in [-0.05, 0) is 25.7 Å². The minimum atomic E-state index is 0.227. The summed E-state index contributed by atoms with van der Waals surface area (Å²) in [5.41, 5.74) is 0. The highest BCUT2D eigenvalue weighted by atomic mass is 32.2. The van der Waals surface area contributed by atoms with Gasteiger partial charge in [-0.15, -0.1) is 0 Å². The molecule has 0 heterocycles. The Balaban J connectivity index is 1.63. The van der Waals surface area contributed by atoms with Gasteiger partial charge in [0.2, 0.25) is 5.12 Å². The van der Waals surface area contributed by atoms with Crippen molar-refractivity contribution in [1.82, 2.24) is 5.32 Å². The third kappa shape index (κ3) is 5.05. The number of hydrogen-bond acceptors (Lipinski definition) is 3. The molecule has 0 atom stereocenters. The van der Waals surface area contributed by atoms with E-state index in [1.165, 1.54) is 64.2 Å². The average molecular weight is 267 g/mol. The fourth-order valence-electron chi connectivity index (χ4n) is 2.91. The first-order valence-corrected chi connectivity index (χ1v) is 8.36. The molecule has 0 unspecified atom stereocenters. The monoisotopic (exact) mass is 267 g/mol. The van der Waals surface area contributed by atoms with Gasteiger partial charge in [-0.25, -0.2) is 0 Å². The smallest absolute Gasteiger partial charge is 0.213 e. The molecular formula is C15H25NOS. The average Bonchev–Trinajstić information content (AvgIpc) is 2.41. The Kier molecular flexibility index (Phi) is 6.12. The number of carbonyl (C=O) groups is 1. The lowest BCUT2D eigenvalue weighted by atomic mass is 9.96. The first kappa shape index (κ1) is 14.0. The molecule has 2 aliphatic carbocycles. The zero-order valence-corrected chi connectivity index (χ0v) is 12.0. The van der Waals surface area contributed by atoms with Gasteiger partial charge in [-0.1, -0.05) is 50.3 Å². The lowest BCUT2D eigenvalue weighted by Crippen LogP contribution is -2.26.